The highest BCUT2D eigenvalue weighted by Crippen LogP contribution is 2.23. The maximum Gasteiger partial charge on any atom is 0.255 e. The number of carbonyl (C=O) groups is 1. The van der Waals surface area contributed by atoms with Crippen LogP contribution in [0.3, 0.4) is 0 Å². The molecule has 0 fully saturated rings. The maximum absolute atomic E-state index is 12.4. The fourth-order valence-electron chi connectivity index (χ4n) is 2.05. The average molecular weight is 351 g/mol. The minimum Gasteiger partial charge on any atom is -0.328 e. The summed E-state index contributed by atoms with van der Waals surface area (Å²) in [6, 6.07) is 7.62. The van der Waals surface area contributed by atoms with Crippen LogP contribution in [0.15, 0.2) is 36.8 Å². The van der Waals surface area contributed by atoms with E-state index in [9.17, 15) is 4.79 Å². The van der Waals surface area contributed by atoms with E-state index in [1.54, 1.807) is 11.1 Å². The van der Waals surface area contributed by atoms with Crippen LogP contribution < -0.4 is 0 Å². The van der Waals surface area contributed by atoms with Crippen molar-refractivity contribution in [1.29, 1.82) is 0 Å². The predicted molar refractivity (Wildman–Crippen MR) is 74.8 cm³/mol. The van der Waals surface area contributed by atoms with Crippen LogP contribution >= 0.6 is 22.6 Å². The molecule has 5 heteroatoms. The zero-order valence-electron chi connectivity index (χ0n) is 9.51. The minimum atomic E-state index is 0.0537. The third kappa shape index (κ3) is 1.98. The van der Waals surface area contributed by atoms with E-state index in [0.717, 1.165) is 20.4 Å². The molecule has 0 N–H and O–H groups in total. The molecule has 90 valence electrons. The third-order valence-corrected chi connectivity index (χ3v) is 3.92. The molecule has 1 aromatic heterocycles. The first kappa shape index (κ1) is 11.6. The van der Waals surface area contributed by atoms with Crippen molar-refractivity contribution in [1.82, 2.24) is 14.9 Å². The summed E-state index contributed by atoms with van der Waals surface area (Å²) in [5, 5.41) is 0. The Bertz CT molecular complexity index is 590. The standard InChI is InChI=1S/C13H10IN3O/c14-11-4-2-1-3-10(11)13(18)17-6-9-5-15-8-16-12(9)7-17/h1-5,8H,6-7H2. The first-order chi connectivity index (χ1) is 8.75. The van der Waals surface area contributed by atoms with Crippen LogP contribution in [0, 0.1) is 3.57 Å². The van der Waals surface area contributed by atoms with Crippen molar-refractivity contribution in [2.45, 2.75) is 13.1 Å². The molecule has 1 amide bonds. The van der Waals surface area contributed by atoms with Gasteiger partial charge in [0.1, 0.15) is 6.33 Å². The summed E-state index contributed by atoms with van der Waals surface area (Å²) < 4.78 is 0.974. The molecule has 0 saturated heterocycles. The Labute approximate surface area is 118 Å². The number of halogens is 1. The first-order valence-corrected chi connectivity index (χ1v) is 6.65. The quantitative estimate of drug-likeness (QED) is 0.741. The van der Waals surface area contributed by atoms with Crippen molar-refractivity contribution in [3.8, 4) is 0 Å². The summed E-state index contributed by atoms with van der Waals surface area (Å²) in [6.07, 6.45) is 3.31. The lowest BCUT2D eigenvalue weighted by molar-refractivity contribution is 0.0749. The van der Waals surface area contributed by atoms with Crippen molar-refractivity contribution in [3.63, 3.8) is 0 Å². The summed E-state index contributed by atoms with van der Waals surface area (Å²) in [4.78, 5) is 22.4. The minimum absolute atomic E-state index is 0.0537. The lowest BCUT2D eigenvalue weighted by atomic mass is 10.2. The summed E-state index contributed by atoms with van der Waals surface area (Å²) >= 11 is 2.19. The lowest BCUT2D eigenvalue weighted by Crippen LogP contribution is -2.26. The van der Waals surface area contributed by atoms with Gasteiger partial charge in [0.15, 0.2) is 0 Å². The largest absolute Gasteiger partial charge is 0.328 e. The van der Waals surface area contributed by atoms with Gasteiger partial charge >= 0.3 is 0 Å². The molecule has 0 atom stereocenters. The third-order valence-electron chi connectivity index (χ3n) is 2.97. The van der Waals surface area contributed by atoms with Crippen molar-refractivity contribution < 1.29 is 4.79 Å². The number of hydrogen-bond acceptors (Lipinski definition) is 3. The van der Waals surface area contributed by atoms with Crippen LogP contribution in [0.1, 0.15) is 21.6 Å². The topological polar surface area (TPSA) is 46.1 Å². The Morgan fingerprint density at radius 2 is 2.11 bits per heavy atom. The van der Waals surface area contributed by atoms with E-state index >= 15 is 0 Å². The maximum atomic E-state index is 12.4. The first-order valence-electron chi connectivity index (χ1n) is 5.57. The van der Waals surface area contributed by atoms with Gasteiger partial charge in [-0.3, -0.25) is 4.79 Å². The van der Waals surface area contributed by atoms with Crippen LogP contribution in [0.5, 0.6) is 0 Å². The molecule has 0 unspecified atom stereocenters. The van der Waals surface area contributed by atoms with Crippen LogP contribution in [-0.4, -0.2) is 20.8 Å². The number of carbonyl (C=O) groups excluding carboxylic acids is 1. The number of hydrogen-bond donors (Lipinski definition) is 0. The van der Waals surface area contributed by atoms with Gasteiger partial charge in [-0.05, 0) is 34.7 Å². The molecule has 0 radical (unpaired) electrons. The van der Waals surface area contributed by atoms with E-state index in [-0.39, 0.29) is 5.91 Å². The smallest absolute Gasteiger partial charge is 0.255 e. The zero-order valence-corrected chi connectivity index (χ0v) is 11.7. The second-order valence-corrected chi connectivity index (χ2v) is 5.30. The Morgan fingerprint density at radius 1 is 1.28 bits per heavy atom. The van der Waals surface area contributed by atoms with Gasteiger partial charge in [-0.2, -0.15) is 0 Å². The van der Waals surface area contributed by atoms with E-state index in [2.05, 4.69) is 32.6 Å². The highest BCUT2D eigenvalue weighted by atomic mass is 127. The number of amides is 1. The Morgan fingerprint density at radius 3 is 2.89 bits per heavy atom. The highest BCUT2D eigenvalue weighted by Gasteiger charge is 2.26. The normalized spacial score (nSPS) is 13.5. The zero-order chi connectivity index (χ0) is 12.5. The molecular weight excluding hydrogens is 341 g/mol. The molecule has 2 heterocycles. The van der Waals surface area contributed by atoms with Crippen molar-refractivity contribution in [3.05, 3.63) is 57.2 Å². The molecule has 0 bridgehead atoms. The molecule has 1 aliphatic heterocycles. The second kappa shape index (κ2) is 4.64. The molecule has 0 spiro atoms. The SMILES string of the molecule is O=C(c1ccccc1I)N1Cc2cncnc2C1. The van der Waals surface area contributed by atoms with E-state index in [0.29, 0.717) is 13.1 Å². The molecule has 0 aliphatic carbocycles. The van der Waals surface area contributed by atoms with Gasteiger partial charge in [-0.1, -0.05) is 12.1 Å². The molecule has 1 aromatic carbocycles. The Balaban J connectivity index is 1.87. The van der Waals surface area contributed by atoms with Gasteiger partial charge in [0, 0.05) is 21.9 Å². The summed E-state index contributed by atoms with van der Waals surface area (Å²) in [6.45, 7) is 1.17. The van der Waals surface area contributed by atoms with Gasteiger partial charge in [-0.15, -0.1) is 0 Å². The van der Waals surface area contributed by atoms with Gasteiger partial charge in [0.2, 0.25) is 0 Å². The van der Waals surface area contributed by atoms with E-state index in [4.69, 9.17) is 0 Å². The lowest BCUT2D eigenvalue weighted by Gasteiger charge is -2.15. The van der Waals surface area contributed by atoms with Crippen LogP contribution in [-0.2, 0) is 13.1 Å². The summed E-state index contributed by atoms with van der Waals surface area (Å²) in [7, 11) is 0. The molecule has 1 aliphatic rings. The Kier molecular flexibility index (Phi) is 2.99. The van der Waals surface area contributed by atoms with Crippen LogP contribution in [0.4, 0.5) is 0 Å². The van der Waals surface area contributed by atoms with Crippen molar-refractivity contribution >= 4 is 28.5 Å². The molecular formula is C13H10IN3O. The summed E-state index contributed by atoms with van der Waals surface area (Å²) in [5.74, 6) is 0.0537. The number of aromatic nitrogens is 2. The summed E-state index contributed by atoms with van der Waals surface area (Å²) in [5.41, 5.74) is 2.74. The molecule has 4 nitrogen and oxygen atoms in total. The van der Waals surface area contributed by atoms with Crippen molar-refractivity contribution in [2.24, 2.45) is 0 Å². The van der Waals surface area contributed by atoms with Gasteiger partial charge < -0.3 is 4.90 Å². The molecule has 0 saturated carbocycles. The monoisotopic (exact) mass is 351 g/mol. The van der Waals surface area contributed by atoms with E-state index in [1.165, 1.54) is 6.33 Å². The van der Waals surface area contributed by atoms with Gasteiger partial charge in [-0.25, -0.2) is 9.97 Å². The molecule has 2 aromatic rings. The molecule has 3 rings (SSSR count). The van der Waals surface area contributed by atoms with Gasteiger partial charge in [0.05, 0.1) is 17.8 Å². The Hall–Kier alpha value is -1.50. The van der Waals surface area contributed by atoms with Crippen molar-refractivity contribution in [2.75, 3.05) is 0 Å². The van der Waals surface area contributed by atoms with Gasteiger partial charge in [0.25, 0.3) is 5.91 Å². The number of benzene rings is 1. The number of rotatable bonds is 1. The fraction of sp³-hybridized carbons (Fsp3) is 0.154. The predicted octanol–water partition coefficient (Wildman–Crippen LogP) is 2.24. The van der Waals surface area contributed by atoms with Crippen LogP contribution in [0.2, 0.25) is 0 Å². The fourth-order valence-corrected chi connectivity index (χ4v) is 2.67. The highest BCUT2D eigenvalue weighted by molar-refractivity contribution is 14.1. The average Bonchev–Trinajstić information content (AvgIpc) is 2.82. The molecule has 18 heavy (non-hydrogen) atoms. The van der Waals surface area contributed by atoms with E-state index in [1.807, 2.05) is 24.3 Å². The number of nitrogens with zero attached hydrogens (tertiary/aromatic N) is 3. The number of fused-ring (bicyclic) bond motifs is 1. The van der Waals surface area contributed by atoms with E-state index < -0.39 is 0 Å². The van der Waals surface area contributed by atoms with Crippen LogP contribution in [0.25, 0.3) is 0 Å². The second-order valence-electron chi connectivity index (χ2n) is 4.14.